The molecule has 2 aromatic rings. The van der Waals surface area contributed by atoms with E-state index < -0.39 is 0 Å². The van der Waals surface area contributed by atoms with Crippen LogP contribution < -0.4 is 10.9 Å². The molecule has 6 rings (SSSR count). The van der Waals surface area contributed by atoms with Gasteiger partial charge in [-0.15, -0.1) is 0 Å². The highest BCUT2D eigenvalue weighted by Gasteiger charge is 2.54. The van der Waals surface area contributed by atoms with E-state index in [4.69, 9.17) is 0 Å². The number of aryl methyl sites for hydroxylation is 1. The van der Waals surface area contributed by atoms with Crippen molar-refractivity contribution in [3.63, 3.8) is 0 Å². The molecule has 2 amide bonds. The number of halogens is 1. The number of nitrogens with zero attached hydrogens (tertiary/aromatic N) is 2. The molecule has 1 heterocycles. The number of carbonyl (C=O) groups is 2. The monoisotopic (exact) mass is 424 g/mol. The minimum atomic E-state index is -0.369. The van der Waals surface area contributed by atoms with Gasteiger partial charge in [0, 0.05) is 11.3 Å². The molecular formula is C24H29FN4O2. The molecule has 4 saturated carbocycles. The highest BCUT2D eigenvalue weighted by atomic mass is 19.1. The zero-order valence-electron chi connectivity index (χ0n) is 18.1. The first-order chi connectivity index (χ1) is 14.8. The lowest BCUT2D eigenvalue weighted by Gasteiger charge is -2.55. The molecule has 0 saturated heterocycles. The maximum absolute atomic E-state index is 14.2. The van der Waals surface area contributed by atoms with Crippen LogP contribution in [-0.4, -0.2) is 21.6 Å². The third kappa shape index (κ3) is 3.54. The second kappa shape index (κ2) is 7.46. The van der Waals surface area contributed by atoms with Crippen LogP contribution >= 0.6 is 0 Å². The number of hydrogen-bond donors (Lipinski definition) is 2. The minimum Gasteiger partial charge on any atom is -0.273 e. The lowest BCUT2D eigenvalue weighted by Crippen LogP contribution is -2.56. The molecule has 0 radical (unpaired) electrons. The Labute approximate surface area is 181 Å². The lowest BCUT2D eigenvalue weighted by atomic mass is 9.49. The molecule has 4 fully saturated rings. The third-order valence-corrected chi connectivity index (χ3v) is 7.69. The molecule has 0 spiro atoms. The molecule has 164 valence electrons. The molecule has 6 nitrogen and oxygen atoms in total. The molecule has 0 aliphatic heterocycles. The largest absolute Gasteiger partial charge is 0.273 e. The molecule has 1 aromatic heterocycles. The van der Waals surface area contributed by atoms with E-state index >= 15 is 0 Å². The summed E-state index contributed by atoms with van der Waals surface area (Å²) in [5.41, 5.74) is 7.51. The second-order valence-corrected chi connectivity index (χ2v) is 9.89. The summed E-state index contributed by atoms with van der Waals surface area (Å²) in [6.45, 7) is 3.63. The summed E-state index contributed by atoms with van der Waals surface area (Å²) in [5.74, 6) is 1.31. The van der Waals surface area contributed by atoms with Gasteiger partial charge in [0.15, 0.2) is 0 Å². The first-order valence-corrected chi connectivity index (χ1v) is 11.2. The molecule has 1 aromatic carbocycles. The average Bonchev–Trinajstić information content (AvgIpc) is 2.99. The Balaban J connectivity index is 1.25. The van der Waals surface area contributed by atoms with E-state index in [1.165, 1.54) is 30.0 Å². The Bertz CT molecular complexity index is 1010. The molecular weight excluding hydrogens is 395 g/mol. The van der Waals surface area contributed by atoms with Crippen molar-refractivity contribution in [3.05, 3.63) is 47.0 Å². The van der Waals surface area contributed by atoms with Gasteiger partial charge in [-0.1, -0.05) is 12.1 Å². The van der Waals surface area contributed by atoms with Crippen LogP contribution in [0.2, 0.25) is 0 Å². The summed E-state index contributed by atoms with van der Waals surface area (Å²) in [6.07, 6.45) is 6.74. The summed E-state index contributed by atoms with van der Waals surface area (Å²) >= 11 is 0. The molecule has 0 atom stereocenters. The standard InChI is InChI=1S/C24H29FN4O2/c1-14-19(15(2)29(28-14)21-6-4-3-5-20(21)25)10-22(30)26-27-23(31)24-11-16-7-17(12-24)9-18(8-16)13-24/h3-6,16-18H,7-13H2,1-2H3,(H,26,30)(H,27,31). The highest BCUT2D eigenvalue weighted by Crippen LogP contribution is 2.60. The van der Waals surface area contributed by atoms with E-state index in [2.05, 4.69) is 16.0 Å². The van der Waals surface area contributed by atoms with Crippen molar-refractivity contribution in [3.8, 4) is 5.69 Å². The normalized spacial score (nSPS) is 28.5. The van der Waals surface area contributed by atoms with Gasteiger partial charge >= 0.3 is 0 Å². The maximum atomic E-state index is 14.2. The molecule has 0 unspecified atom stereocenters. The van der Waals surface area contributed by atoms with Crippen LogP contribution in [0, 0.1) is 42.8 Å². The van der Waals surface area contributed by atoms with Gasteiger partial charge in [0.2, 0.25) is 11.8 Å². The van der Waals surface area contributed by atoms with E-state index in [9.17, 15) is 14.0 Å². The number of aromatic nitrogens is 2. The third-order valence-electron chi connectivity index (χ3n) is 7.69. The average molecular weight is 425 g/mol. The van der Waals surface area contributed by atoms with Crippen LogP contribution in [0.25, 0.3) is 5.69 Å². The zero-order valence-corrected chi connectivity index (χ0v) is 18.1. The smallest absolute Gasteiger partial charge is 0.244 e. The van der Waals surface area contributed by atoms with Crippen molar-refractivity contribution in [2.24, 2.45) is 23.2 Å². The Morgan fingerprint density at radius 2 is 1.68 bits per heavy atom. The first kappa shape index (κ1) is 20.2. The van der Waals surface area contributed by atoms with Crippen molar-refractivity contribution < 1.29 is 14.0 Å². The Morgan fingerprint density at radius 3 is 2.29 bits per heavy atom. The van der Waals surface area contributed by atoms with Crippen LogP contribution in [0.5, 0.6) is 0 Å². The summed E-state index contributed by atoms with van der Waals surface area (Å²) in [7, 11) is 0. The predicted molar refractivity (Wildman–Crippen MR) is 114 cm³/mol. The van der Waals surface area contributed by atoms with E-state index in [1.807, 2.05) is 6.92 Å². The number of benzene rings is 1. The lowest BCUT2D eigenvalue weighted by molar-refractivity contribution is -0.148. The van der Waals surface area contributed by atoms with Crippen molar-refractivity contribution in [2.75, 3.05) is 0 Å². The Kier molecular flexibility index (Phi) is 4.87. The highest BCUT2D eigenvalue weighted by molar-refractivity contribution is 5.87. The van der Waals surface area contributed by atoms with Crippen molar-refractivity contribution in [1.82, 2.24) is 20.6 Å². The topological polar surface area (TPSA) is 76.0 Å². The minimum absolute atomic E-state index is 0.0320. The summed E-state index contributed by atoms with van der Waals surface area (Å²) in [4.78, 5) is 25.7. The van der Waals surface area contributed by atoms with Crippen LogP contribution in [0.3, 0.4) is 0 Å². The fourth-order valence-electron chi connectivity index (χ4n) is 6.64. The SMILES string of the molecule is Cc1nn(-c2ccccc2F)c(C)c1CC(=O)NNC(=O)C12CC3CC(CC(C3)C1)C2. The van der Waals surface area contributed by atoms with Crippen molar-refractivity contribution in [1.29, 1.82) is 0 Å². The van der Waals surface area contributed by atoms with Crippen LogP contribution in [0.4, 0.5) is 4.39 Å². The van der Waals surface area contributed by atoms with Gasteiger partial charge in [-0.2, -0.15) is 5.10 Å². The van der Waals surface area contributed by atoms with Gasteiger partial charge < -0.3 is 0 Å². The summed E-state index contributed by atoms with van der Waals surface area (Å²) < 4.78 is 15.7. The van der Waals surface area contributed by atoms with Gasteiger partial charge in [0.05, 0.1) is 17.5 Å². The Hall–Kier alpha value is -2.70. The molecule has 2 N–H and O–H groups in total. The van der Waals surface area contributed by atoms with Gasteiger partial charge in [0.25, 0.3) is 0 Å². The van der Waals surface area contributed by atoms with Crippen LogP contribution in [0.15, 0.2) is 24.3 Å². The number of rotatable bonds is 4. The number of para-hydroxylation sites is 1. The predicted octanol–water partition coefficient (Wildman–Crippen LogP) is 3.53. The van der Waals surface area contributed by atoms with E-state index in [0.29, 0.717) is 34.8 Å². The maximum Gasteiger partial charge on any atom is 0.244 e. The van der Waals surface area contributed by atoms with Gasteiger partial charge in [-0.3, -0.25) is 20.4 Å². The molecule has 31 heavy (non-hydrogen) atoms. The zero-order chi connectivity index (χ0) is 21.8. The number of hydrazine groups is 1. The van der Waals surface area contributed by atoms with Gasteiger partial charge in [0.1, 0.15) is 11.5 Å². The fourth-order valence-corrected chi connectivity index (χ4v) is 6.64. The van der Waals surface area contributed by atoms with E-state index in [0.717, 1.165) is 24.8 Å². The molecule has 7 heteroatoms. The molecule has 4 bridgehead atoms. The van der Waals surface area contributed by atoms with E-state index in [-0.39, 0.29) is 29.5 Å². The number of amides is 2. The Morgan fingerprint density at radius 1 is 1.06 bits per heavy atom. The summed E-state index contributed by atoms with van der Waals surface area (Å²) in [5, 5.41) is 4.43. The number of hydrogen-bond acceptors (Lipinski definition) is 3. The van der Waals surface area contributed by atoms with Crippen LogP contribution in [-0.2, 0) is 16.0 Å². The van der Waals surface area contributed by atoms with E-state index in [1.54, 1.807) is 25.1 Å². The van der Waals surface area contributed by atoms with Gasteiger partial charge in [-0.05, 0) is 82.3 Å². The van der Waals surface area contributed by atoms with Gasteiger partial charge in [-0.25, -0.2) is 9.07 Å². The molecule has 4 aliphatic rings. The fraction of sp³-hybridized carbons (Fsp3) is 0.542. The molecule has 4 aliphatic carbocycles. The first-order valence-electron chi connectivity index (χ1n) is 11.2. The quantitative estimate of drug-likeness (QED) is 0.738. The van der Waals surface area contributed by atoms with Crippen LogP contribution in [0.1, 0.15) is 55.5 Å². The number of nitrogens with one attached hydrogen (secondary N) is 2. The number of carbonyl (C=O) groups excluding carboxylic acids is 2. The summed E-state index contributed by atoms with van der Waals surface area (Å²) in [6, 6.07) is 6.43. The van der Waals surface area contributed by atoms with Crippen molar-refractivity contribution >= 4 is 11.8 Å². The van der Waals surface area contributed by atoms with Crippen molar-refractivity contribution in [2.45, 2.75) is 58.8 Å². The second-order valence-electron chi connectivity index (χ2n) is 9.89.